The van der Waals surface area contributed by atoms with E-state index in [-0.39, 0.29) is 5.91 Å². The summed E-state index contributed by atoms with van der Waals surface area (Å²) >= 11 is 0. The summed E-state index contributed by atoms with van der Waals surface area (Å²) in [6.07, 6.45) is 2.02. The monoisotopic (exact) mass is 153 g/mol. The number of aromatic amines is 1. The van der Waals surface area contributed by atoms with Crippen molar-refractivity contribution in [2.45, 2.75) is 13.3 Å². The van der Waals surface area contributed by atoms with Gasteiger partial charge in [-0.15, -0.1) is 0 Å². The Bertz CT molecular complexity index is 218. The Morgan fingerprint density at radius 1 is 1.82 bits per heavy atom. The van der Waals surface area contributed by atoms with Gasteiger partial charge >= 0.3 is 0 Å². The number of hydrogen-bond donors (Lipinski definition) is 2. The number of nitrogens with zero attached hydrogens (tertiary/aromatic N) is 1. The lowest BCUT2D eigenvalue weighted by Gasteiger charge is -1.97. The van der Waals surface area contributed by atoms with Crippen LogP contribution in [0.5, 0.6) is 0 Å². The third kappa shape index (κ3) is 2.41. The molecular formula is C7H11N3O. The summed E-state index contributed by atoms with van der Waals surface area (Å²) in [5.74, 6) is 0.0248. The van der Waals surface area contributed by atoms with Crippen LogP contribution in [0, 0.1) is 0 Å². The Morgan fingerprint density at radius 2 is 2.64 bits per heavy atom. The minimum absolute atomic E-state index is 0.0248. The van der Waals surface area contributed by atoms with Crippen LogP contribution in [0.4, 0.5) is 0 Å². The lowest BCUT2D eigenvalue weighted by Crippen LogP contribution is -2.24. The van der Waals surface area contributed by atoms with Gasteiger partial charge in [-0.2, -0.15) is 5.10 Å². The molecule has 0 aliphatic rings. The fourth-order valence-electron chi connectivity index (χ4n) is 0.816. The van der Waals surface area contributed by atoms with Crippen LogP contribution in [0.15, 0.2) is 12.3 Å². The van der Waals surface area contributed by atoms with Crippen LogP contribution in [0.1, 0.15) is 12.6 Å². The molecule has 4 nitrogen and oxygen atoms in total. The highest BCUT2D eigenvalue weighted by atomic mass is 16.1. The van der Waals surface area contributed by atoms with E-state index in [1.165, 1.54) is 0 Å². The predicted octanol–water partition coefficient (Wildman–Crippen LogP) is 0.0883. The summed E-state index contributed by atoms with van der Waals surface area (Å²) < 4.78 is 0. The molecule has 0 saturated carbocycles. The van der Waals surface area contributed by atoms with Gasteiger partial charge in [-0.1, -0.05) is 0 Å². The molecule has 0 unspecified atom stereocenters. The van der Waals surface area contributed by atoms with Crippen LogP contribution in [0.3, 0.4) is 0 Å². The molecule has 0 spiro atoms. The van der Waals surface area contributed by atoms with E-state index >= 15 is 0 Å². The third-order valence-corrected chi connectivity index (χ3v) is 1.28. The Hall–Kier alpha value is -1.32. The first-order valence-electron chi connectivity index (χ1n) is 3.58. The van der Waals surface area contributed by atoms with E-state index < -0.39 is 0 Å². The topological polar surface area (TPSA) is 57.8 Å². The van der Waals surface area contributed by atoms with Crippen LogP contribution in [-0.4, -0.2) is 22.6 Å². The molecular weight excluding hydrogens is 142 g/mol. The first kappa shape index (κ1) is 7.78. The Labute approximate surface area is 65.0 Å². The Morgan fingerprint density at radius 3 is 3.18 bits per heavy atom. The lowest BCUT2D eigenvalue weighted by molar-refractivity contribution is -0.120. The molecule has 0 aliphatic carbocycles. The molecule has 0 radical (unpaired) electrons. The van der Waals surface area contributed by atoms with Gasteiger partial charge in [0.1, 0.15) is 0 Å². The molecule has 0 bridgehead atoms. The number of likely N-dealkylation sites (N-methyl/N-ethyl adjacent to an activating group) is 1. The number of nitrogens with one attached hydrogen (secondary N) is 2. The summed E-state index contributed by atoms with van der Waals surface area (Å²) in [4.78, 5) is 11.0. The molecule has 2 N–H and O–H groups in total. The van der Waals surface area contributed by atoms with E-state index in [1.54, 1.807) is 12.3 Å². The fourth-order valence-corrected chi connectivity index (χ4v) is 0.816. The van der Waals surface area contributed by atoms with E-state index in [1.807, 2.05) is 6.92 Å². The first-order chi connectivity index (χ1) is 5.33. The zero-order chi connectivity index (χ0) is 8.10. The van der Waals surface area contributed by atoms with Crippen molar-refractivity contribution in [2.24, 2.45) is 0 Å². The van der Waals surface area contributed by atoms with Crippen LogP contribution in [-0.2, 0) is 11.2 Å². The first-order valence-corrected chi connectivity index (χ1v) is 3.58. The van der Waals surface area contributed by atoms with Gasteiger partial charge in [0.15, 0.2) is 0 Å². The van der Waals surface area contributed by atoms with Crippen LogP contribution >= 0.6 is 0 Å². The van der Waals surface area contributed by atoms with Crippen molar-refractivity contribution in [1.29, 1.82) is 0 Å². The van der Waals surface area contributed by atoms with Gasteiger partial charge in [0.05, 0.1) is 6.42 Å². The van der Waals surface area contributed by atoms with Crippen molar-refractivity contribution in [3.63, 3.8) is 0 Å². The highest BCUT2D eigenvalue weighted by Gasteiger charge is 2.00. The van der Waals surface area contributed by atoms with Gasteiger partial charge in [0.2, 0.25) is 5.91 Å². The largest absolute Gasteiger partial charge is 0.356 e. The highest BCUT2D eigenvalue weighted by Crippen LogP contribution is 1.91. The second-order valence-corrected chi connectivity index (χ2v) is 2.21. The minimum Gasteiger partial charge on any atom is -0.356 e. The van der Waals surface area contributed by atoms with Gasteiger partial charge in [0, 0.05) is 18.4 Å². The van der Waals surface area contributed by atoms with Crippen LogP contribution in [0.25, 0.3) is 0 Å². The summed E-state index contributed by atoms with van der Waals surface area (Å²) in [5.41, 5.74) is 0.843. The Kier molecular flexibility index (Phi) is 2.66. The van der Waals surface area contributed by atoms with Crippen LogP contribution in [0.2, 0.25) is 0 Å². The van der Waals surface area contributed by atoms with Gasteiger partial charge in [-0.3, -0.25) is 9.89 Å². The molecule has 1 aromatic rings. The van der Waals surface area contributed by atoms with Crippen molar-refractivity contribution < 1.29 is 4.79 Å². The minimum atomic E-state index is 0.0248. The summed E-state index contributed by atoms with van der Waals surface area (Å²) in [6, 6.07) is 1.79. The van der Waals surface area contributed by atoms with E-state index in [4.69, 9.17) is 0 Å². The molecule has 11 heavy (non-hydrogen) atoms. The van der Waals surface area contributed by atoms with E-state index in [9.17, 15) is 4.79 Å². The lowest BCUT2D eigenvalue weighted by atomic mass is 10.3. The molecule has 60 valence electrons. The molecule has 0 aliphatic heterocycles. The quantitative estimate of drug-likeness (QED) is 0.646. The zero-order valence-electron chi connectivity index (χ0n) is 6.42. The molecule has 1 aromatic heterocycles. The van der Waals surface area contributed by atoms with Crippen molar-refractivity contribution in [3.8, 4) is 0 Å². The third-order valence-electron chi connectivity index (χ3n) is 1.28. The molecule has 0 atom stereocenters. The molecule has 1 heterocycles. The maximum absolute atomic E-state index is 11.0. The standard InChI is InChI=1S/C7H11N3O/c1-2-8-7(11)5-6-3-4-9-10-6/h3-4H,2,5H2,1H3,(H,8,11)(H,9,10). The van der Waals surface area contributed by atoms with Gasteiger partial charge in [-0.25, -0.2) is 0 Å². The van der Waals surface area contributed by atoms with Crippen molar-refractivity contribution in [1.82, 2.24) is 15.5 Å². The summed E-state index contributed by atoms with van der Waals surface area (Å²) in [7, 11) is 0. The summed E-state index contributed by atoms with van der Waals surface area (Å²) in [6.45, 7) is 2.57. The number of hydrogen-bond acceptors (Lipinski definition) is 2. The van der Waals surface area contributed by atoms with Crippen molar-refractivity contribution >= 4 is 5.91 Å². The predicted molar refractivity (Wildman–Crippen MR) is 41.0 cm³/mol. The number of rotatable bonds is 3. The number of aromatic nitrogens is 2. The number of carbonyl (C=O) groups is 1. The van der Waals surface area contributed by atoms with E-state index in [0.717, 1.165) is 5.69 Å². The summed E-state index contributed by atoms with van der Waals surface area (Å²) in [5, 5.41) is 9.14. The molecule has 0 aromatic carbocycles. The molecule has 1 rings (SSSR count). The number of amides is 1. The van der Waals surface area contributed by atoms with E-state index in [0.29, 0.717) is 13.0 Å². The second-order valence-electron chi connectivity index (χ2n) is 2.21. The van der Waals surface area contributed by atoms with Crippen LogP contribution < -0.4 is 5.32 Å². The maximum Gasteiger partial charge on any atom is 0.225 e. The molecule has 0 fully saturated rings. The molecule has 4 heteroatoms. The Balaban J connectivity index is 2.37. The number of H-pyrrole nitrogens is 1. The fraction of sp³-hybridized carbons (Fsp3) is 0.429. The SMILES string of the molecule is CCNC(=O)Cc1ccn[nH]1. The van der Waals surface area contributed by atoms with Gasteiger partial charge in [0.25, 0.3) is 0 Å². The highest BCUT2D eigenvalue weighted by molar-refractivity contribution is 5.77. The second kappa shape index (κ2) is 3.75. The van der Waals surface area contributed by atoms with Crippen molar-refractivity contribution in [2.75, 3.05) is 6.54 Å². The number of carbonyl (C=O) groups excluding carboxylic acids is 1. The average Bonchev–Trinajstić information content (AvgIpc) is 2.40. The van der Waals surface area contributed by atoms with Crippen molar-refractivity contribution in [3.05, 3.63) is 18.0 Å². The molecule has 1 amide bonds. The average molecular weight is 153 g/mol. The van der Waals surface area contributed by atoms with Gasteiger partial charge in [-0.05, 0) is 13.0 Å². The zero-order valence-corrected chi connectivity index (χ0v) is 6.42. The van der Waals surface area contributed by atoms with E-state index in [2.05, 4.69) is 15.5 Å². The van der Waals surface area contributed by atoms with Gasteiger partial charge < -0.3 is 5.32 Å². The maximum atomic E-state index is 11.0. The smallest absolute Gasteiger partial charge is 0.225 e. The normalized spacial score (nSPS) is 9.55. The molecule has 0 saturated heterocycles.